The second kappa shape index (κ2) is 8.24. The smallest absolute Gasteiger partial charge is 0.503 e. The largest absolute Gasteiger partial charge is 0.573 e. The van der Waals surface area contributed by atoms with Crippen LogP contribution in [0.3, 0.4) is 0 Å². The predicted octanol–water partition coefficient (Wildman–Crippen LogP) is 5.91. The molecule has 1 atom stereocenters. The Bertz CT molecular complexity index is 1340. The minimum Gasteiger partial charge on any atom is -0.503 e. The van der Waals surface area contributed by atoms with E-state index in [1.54, 1.807) is 20.8 Å². The Hall–Kier alpha value is -3.63. The van der Waals surface area contributed by atoms with Gasteiger partial charge in [-0.3, -0.25) is 14.2 Å². The summed E-state index contributed by atoms with van der Waals surface area (Å²) in [6.07, 6.45) is -4.95. The van der Waals surface area contributed by atoms with Crippen LogP contribution in [0.15, 0.2) is 30.3 Å². The molecule has 1 aromatic heterocycles. The van der Waals surface area contributed by atoms with Gasteiger partial charge >= 0.3 is 12.3 Å². The van der Waals surface area contributed by atoms with Gasteiger partial charge in [-0.25, -0.2) is 8.78 Å². The molecule has 1 heterocycles. The molecular weight excluding hydrogens is 477 g/mol. The molecule has 6 nitrogen and oxygen atoms in total. The highest BCUT2D eigenvalue weighted by atomic mass is 19.4. The lowest BCUT2D eigenvalue weighted by atomic mass is 9.63. The molecule has 0 saturated heterocycles. The number of nitrogens with zero attached hydrogens (tertiary/aromatic N) is 1. The van der Waals surface area contributed by atoms with Crippen molar-refractivity contribution in [1.29, 1.82) is 0 Å². The van der Waals surface area contributed by atoms with Crippen LogP contribution in [0.2, 0.25) is 0 Å². The standard InChI is InChI=1S/C24H22F5NO5/c1-11-17(23(5,21(33)34)22(2,3)4)16-15(10-14(25)19(31)18(16)26)30(11)20(32)12-6-8-13(9-7-12)35-24(27,28)29/h6-10,31H,1-5H3,(H,33,34)/t23-/m1/s1. The lowest BCUT2D eigenvalue weighted by Gasteiger charge is -2.39. The van der Waals surface area contributed by atoms with Crippen molar-refractivity contribution in [1.82, 2.24) is 4.57 Å². The number of halogens is 5. The first-order valence-electron chi connectivity index (χ1n) is 10.3. The third kappa shape index (κ3) is 4.19. The third-order valence-electron chi connectivity index (χ3n) is 6.33. The minimum atomic E-state index is -4.95. The number of aliphatic carboxylic acids is 1. The second-order valence-electron chi connectivity index (χ2n) is 9.27. The van der Waals surface area contributed by atoms with Crippen LogP contribution < -0.4 is 4.74 Å². The van der Waals surface area contributed by atoms with E-state index in [0.717, 1.165) is 28.8 Å². The molecular formula is C24H22F5NO5. The molecule has 2 N–H and O–H groups in total. The first-order chi connectivity index (χ1) is 15.9. The van der Waals surface area contributed by atoms with Gasteiger partial charge in [0.15, 0.2) is 17.4 Å². The number of ether oxygens (including phenoxy) is 1. The second-order valence-corrected chi connectivity index (χ2v) is 9.27. The van der Waals surface area contributed by atoms with Crippen molar-refractivity contribution in [2.45, 2.75) is 46.4 Å². The van der Waals surface area contributed by atoms with Crippen LogP contribution in [0.4, 0.5) is 22.0 Å². The number of benzene rings is 2. The Labute approximate surface area is 196 Å². The summed E-state index contributed by atoms with van der Waals surface area (Å²) in [6, 6.07) is 4.55. The monoisotopic (exact) mass is 499 g/mol. The number of alkyl halides is 3. The fourth-order valence-corrected chi connectivity index (χ4v) is 4.09. The Kier molecular flexibility index (Phi) is 6.12. The summed E-state index contributed by atoms with van der Waals surface area (Å²) in [5, 5.41) is 19.6. The summed E-state index contributed by atoms with van der Waals surface area (Å²) in [5.41, 5.74) is -3.54. The van der Waals surface area contributed by atoms with Crippen molar-refractivity contribution < 1.29 is 46.5 Å². The number of aromatic nitrogens is 1. The Morgan fingerprint density at radius 2 is 1.54 bits per heavy atom. The number of phenolic OH excluding ortho intramolecular Hbond substituents is 1. The highest BCUT2D eigenvalue weighted by Gasteiger charge is 2.50. The van der Waals surface area contributed by atoms with E-state index in [4.69, 9.17) is 0 Å². The summed E-state index contributed by atoms with van der Waals surface area (Å²) in [7, 11) is 0. The summed E-state index contributed by atoms with van der Waals surface area (Å²) in [6.45, 7) is 7.44. The highest BCUT2D eigenvalue weighted by molar-refractivity contribution is 6.06. The molecule has 0 fully saturated rings. The van der Waals surface area contributed by atoms with Gasteiger partial charge in [-0.15, -0.1) is 13.2 Å². The molecule has 0 bridgehead atoms. The third-order valence-corrected chi connectivity index (χ3v) is 6.33. The van der Waals surface area contributed by atoms with Crippen molar-refractivity contribution in [3.8, 4) is 11.5 Å². The molecule has 2 aromatic carbocycles. The maximum Gasteiger partial charge on any atom is 0.573 e. The molecule has 3 aromatic rings. The summed E-state index contributed by atoms with van der Waals surface area (Å²) >= 11 is 0. The fraction of sp³-hybridized carbons (Fsp3) is 0.333. The number of hydrogen-bond donors (Lipinski definition) is 2. The summed E-state index contributed by atoms with van der Waals surface area (Å²) < 4.78 is 71.6. The van der Waals surface area contributed by atoms with Crippen LogP contribution in [-0.2, 0) is 10.2 Å². The number of carbonyl (C=O) groups excluding carboxylic acids is 1. The molecule has 35 heavy (non-hydrogen) atoms. The number of hydrogen-bond acceptors (Lipinski definition) is 4. The first kappa shape index (κ1) is 26.0. The number of carbonyl (C=O) groups is 2. The van der Waals surface area contributed by atoms with Gasteiger partial charge in [0, 0.05) is 28.3 Å². The highest BCUT2D eigenvalue weighted by Crippen LogP contribution is 2.48. The van der Waals surface area contributed by atoms with Crippen molar-refractivity contribution in [2.24, 2.45) is 5.41 Å². The number of carboxylic acids is 1. The van der Waals surface area contributed by atoms with Gasteiger partial charge in [-0.1, -0.05) is 20.8 Å². The van der Waals surface area contributed by atoms with Gasteiger partial charge in [0.25, 0.3) is 5.91 Å². The van der Waals surface area contributed by atoms with Gasteiger partial charge < -0.3 is 14.9 Å². The van der Waals surface area contributed by atoms with E-state index in [1.807, 2.05) is 0 Å². The van der Waals surface area contributed by atoms with Crippen LogP contribution >= 0.6 is 0 Å². The summed E-state index contributed by atoms with van der Waals surface area (Å²) in [5.74, 6) is -6.97. The van der Waals surface area contributed by atoms with Crippen molar-refractivity contribution >= 4 is 22.8 Å². The van der Waals surface area contributed by atoms with Crippen LogP contribution in [0.25, 0.3) is 10.9 Å². The topological polar surface area (TPSA) is 88.8 Å². The first-order valence-corrected chi connectivity index (χ1v) is 10.3. The van der Waals surface area contributed by atoms with E-state index < -0.39 is 57.6 Å². The van der Waals surface area contributed by atoms with E-state index in [-0.39, 0.29) is 22.3 Å². The molecule has 0 unspecified atom stereocenters. The summed E-state index contributed by atoms with van der Waals surface area (Å²) in [4.78, 5) is 25.9. The lowest BCUT2D eigenvalue weighted by Crippen LogP contribution is -2.45. The molecule has 0 aliphatic rings. The number of phenols is 1. The predicted molar refractivity (Wildman–Crippen MR) is 116 cm³/mol. The number of aromatic hydroxyl groups is 1. The van der Waals surface area contributed by atoms with E-state index >= 15 is 4.39 Å². The Balaban J connectivity index is 2.35. The molecule has 0 aliphatic heterocycles. The SMILES string of the molecule is Cc1c([C@](C)(C(=O)O)C(C)(C)C)c2c(F)c(O)c(F)cc2n1C(=O)c1ccc(OC(F)(F)F)cc1. The van der Waals surface area contributed by atoms with Gasteiger partial charge in [0.2, 0.25) is 0 Å². The van der Waals surface area contributed by atoms with Gasteiger partial charge in [-0.05, 0) is 43.5 Å². The van der Waals surface area contributed by atoms with E-state index in [0.29, 0.717) is 6.07 Å². The van der Waals surface area contributed by atoms with E-state index in [1.165, 1.54) is 13.8 Å². The maximum absolute atomic E-state index is 15.2. The molecule has 3 rings (SSSR count). The average molecular weight is 499 g/mol. The van der Waals surface area contributed by atoms with Crippen molar-refractivity contribution in [3.05, 3.63) is 58.8 Å². The molecule has 0 saturated carbocycles. The molecule has 11 heteroatoms. The van der Waals surface area contributed by atoms with Crippen molar-refractivity contribution in [3.63, 3.8) is 0 Å². The molecule has 0 radical (unpaired) electrons. The Morgan fingerprint density at radius 3 is 2.00 bits per heavy atom. The molecule has 0 aliphatic carbocycles. The van der Waals surface area contributed by atoms with E-state index in [2.05, 4.69) is 4.74 Å². The van der Waals surface area contributed by atoms with Gasteiger partial charge in [-0.2, -0.15) is 0 Å². The zero-order chi connectivity index (χ0) is 26.7. The zero-order valence-electron chi connectivity index (χ0n) is 19.3. The number of rotatable bonds is 4. The normalized spacial score (nSPS) is 14.1. The van der Waals surface area contributed by atoms with E-state index in [9.17, 15) is 37.4 Å². The molecule has 188 valence electrons. The van der Waals surface area contributed by atoms with Crippen LogP contribution in [0, 0.1) is 24.0 Å². The fourth-order valence-electron chi connectivity index (χ4n) is 4.09. The molecule has 0 amide bonds. The average Bonchev–Trinajstić information content (AvgIpc) is 3.01. The Morgan fingerprint density at radius 1 is 1.00 bits per heavy atom. The quantitative estimate of drug-likeness (QED) is 0.436. The lowest BCUT2D eigenvalue weighted by molar-refractivity contribution is -0.274. The van der Waals surface area contributed by atoms with Crippen LogP contribution in [0.1, 0.15) is 49.3 Å². The molecule has 0 spiro atoms. The van der Waals surface area contributed by atoms with Gasteiger partial charge in [0.05, 0.1) is 10.9 Å². The number of carboxylic acid groups (broad SMARTS) is 1. The number of fused-ring (bicyclic) bond motifs is 1. The van der Waals surface area contributed by atoms with Crippen LogP contribution in [-0.4, -0.2) is 33.0 Å². The minimum absolute atomic E-state index is 0.0376. The van der Waals surface area contributed by atoms with Crippen molar-refractivity contribution in [2.75, 3.05) is 0 Å². The van der Waals surface area contributed by atoms with Crippen LogP contribution in [0.5, 0.6) is 11.5 Å². The zero-order valence-corrected chi connectivity index (χ0v) is 19.3. The maximum atomic E-state index is 15.2. The van der Waals surface area contributed by atoms with Gasteiger partial charge in [0.1, 0.15) is 5.75 Å².